The Morgan fingerprint density at radius 1 is 1.43 bits per heavy atom. The summed E-state index contributed by atoms with van der Waals surface area (Å²) in [4.78, 5) is 25.4. The molecule has 0 radical (unpaired) electrons. The summed E-state index contributed by atoms with van der Waals surface area (Å²) in [5.74, 6) is 1.01. The smallest absolute Gasteiger partial charge is 0.246 e. The van der Waals surface area contributed by atoms with Crippen LogP contribution in [-0.2, 0) is 14.3 Å². The zero-order valence-electron chi connectivity index (χ0n) is 13.5. The Hall–Kier alpha value is -2.08. The van der Waals surface area contributed by atoms with Crippen molar-refractivity contribution in [1.82, 2.24) is 10.2 Å². The minimum Gasteiger partial charge on any atom is -0.465 e. The third-order valence-corrected chi connectivity index (χ3v) is 3.88. The molecule has 1 aromatic rings. The minimum absolute atomic E-state index is 0.000214. The van der Waals surface area contributed by atoms with Gasteiger partial charge in [-0.05, 0) is 43.9 Å². The van der Waals surface area contributed by atoms with E-state index in [-0.39, 0.29) is 18.4 Å². The van der Waals surface area contributed by atoms with Crippen molar-refractivity contribution in [2.45, 2.75) is 19.8 Å². The Kier molecular flexibility index (Phi) is 6.87. The number of nitrogens with one attached hydrogen (secondary N) is 1. The number of piperidine rings is 1. The minimum atomic E-state index is -0.0771. The highest BCUT2D eigenvalue weighted by Gasteiger charge is 2.21. The number of hydrogen-bond acceptors (Lipinski definition) is 4. The molecule has 0 aromatic carbocycles. The van der Waals surface area contributed by atoms with Gasteiger partial charge in [0.25, 0.3) is 0 Å². The number of nitrogens with zero attached hydrogens (tertiary/aromatic N) is 1. The van der Waals surface area contributed by atoms with E-state index >= 15 is 0 Å². The topological polar surface area (TPSA) is 71.8 Å². The van der Waals surface area contributed by atoms with Gasteiger partial charge in [0.1, 0.15) is 12.4 Å². The molecule has 1 aromatic heterocycles. The molecule has 0 saturated carbocycles. The van der Waals surface area contributed by atoms with Crippen LogP contribution >= 0.6 is 0 Å². The van der Waals surface area contributed by atoms with Crippen LogP contribution in [0.2, 0.25) is 0 Å². The van der Waals surface area contributed by atoms with Gasteiger partial charge < -0.3 is 19.4 Å². The molecule has 126 valence electrons. The molecule has 1 saturated heterocycles. The van der Waals surface area contributed by atoms with Crippen LogP contribution in [0.1, 0.15) is 25.5 Å². The summed E-state index contributed by atoms with van der Waals surface area (Å²) in [5.41, 5.74) is 0. The molecular weight excluding hydrogens is 296 g/mol. The normalized spacial score (nSPS) is 16.0. The van der Waals surface area contributed by atoms with Gasteiger partial charge in [0.2, 0.25) is 11.8 Å². The van der Waals surface area contributed by atoms with E-state index in [1.54, 1.807) is 30.5 Å². The Labute approximate surface area is 136 Å². The van der Waals surface area contributed by atoms with E-state index in [0.29, 0.717) is 37.9 Å². The van der Waals surface area contributed by atoms with E-state index in [2.05, 4.69) is 5.32 Å². The van der Waals surface area contributed by atoms with Crippen molar-refractivity contribution in [3.05, 3.63) is 30.2 Å². The van der Waals surface area contributed by atoms with Gasteiger partial charge in [-0.25, -0.2) is 0 Å². The number of hydrogen-bond donors (Lipinski definition) is 1. The number of rotatable bonds is 7. The maximum Gasteiger partial charge on any atom is 0.246 e. The van der Waals surface area contributed by atoms with E-state index in [0.717, 1.165) is 12.8 Å². The van der Waals surface area contributed by atoms with Crippen LogP contribution in [0.15, 0.2) is 28.9 Å². The Morgan fingerprint density at radius 2 is 2.22 bits per heavy atom. The van der Waals surface area contributed by atoms with Crippen molar-refractivity contribution in [1.29, 1.82) is 0 Å². The monoisotopic (exact) mass is 320 g/mol. The second-order valence-electron chi connectivity index (χ2n) is 5.56. The van der Waals surface area contributed by atoms with Gasteiger partial charge in [-0.15, -0.1) is 0 Å². The molecule has 1 aliphatic rings. The molecule has 6 nitrogen and oxygen atoms in total. The molecule has 2 amide bonds. The molecule has 2 heterocycles. The first-order chi connectivity index (χ1) is 11.2. The lowest BCUT2D eigenvalue weighted by Crippen LogP contribution is -2.41. The summed E-state index contributed by atoms with van der Waals surface area (Å²) in [7, 11) is 0. The van der Waals surface area contributed by atoms with Crippen LogP contribution in [0, 0.1) is 5.92 Å². The van der Waals surface area contributed by atoms with Crippen molar-refractivity contribution in [3.8, 4) is 0 Å². The fourth-order valence-corrected chi connectivity index (χ4v) is 2.51. The molecule has 1 fully saturated rings. The number of carbonyl (C=O) groups excluding carboxylic acids is 2. The van der Waals surface area contributed by atoms with Crippen molar-refractivity contribution in [2.24, 2.45) is 5.92 Å². The van der Waals surface area contributed by atoms with Crippen LogP contribution in [0.3, 0.4) is 0 Å². The number of amides is 2. The zero-order chi connectivity index (χ0) is 16.5. The fraction of sp³-hybridized carbons (Fsp3) is 0.529. The zero-order valence-corrected chi connectivity index (χ0v) is 13.5. The van der Waals surface area contributed by atoms with E-state index in [1.807, 2.05) is 11.8 Å². The maximum atomic E-state index is 12.1. The molecule has 23 heavy (non-hydrogen) atoms. The van der Waals surface area contributed by atoms with Crippen molar-refractivity contribution in [3.63, 3.8) is 0 Å². The van der Waals surface area contributed by atoms with E-state index in [4.69, 9.17) is 9.15 Å². The standard InChI is InChI=1S/C17H24N2O4/c1-2-22-13-16(20)18-12-14-7-9-19(10-8-14)17(21)6-5-15-4-3-11-23-15/h3-6,11,14H,2,7-10,12-13H2,1H3,(H,18,20)/b6-5+. The third-order valence-electron chi connectivity index (χ3n) is 3.88. The average Bonchev–Trinajstić information content (AvgIpc) is 3.10. The van der Waals surface area contributed by atoms with E-state index < -0.39 is 0 Å². The highest BCUT2D eigenvalue weighted by Crippen LogP contribution is 2.17. The molecule has 0 atom stereocenters. The summed E-state index contributed by atoms with van der Waals surface area (Å²) in [5, 5.41) is 2.88. The van der Waals surface area contributed by atoms with Crippen molar-refractivity contribution >= 4 is 17.9 Å². The average molecular weight is 320 g/mol. The molecule has 2 rings (SSSR count). The largest absolute Gasteiger partial charge is 0.465 e. The molecule has 6 heteroatoms. The summed E-state index contributed by atoms with van der Waals surface area (Å²) in [6, 6.07) is 3.59. The first kappa shape index (κ1) is 17.3. The quantitative estimate of drug-likeness (QED) is 0.776. The second kappa shape index (κ2) is 9.15. The Bertz CT molecular complexity index is 517. The van der Waals surface area contributed by atoms with Gasteiger partial charge in [-0.2, -0.15) is 0 Å². The molecule has 0 spiro atoms. The number of likely N-dealkylation sites (tertiary alicyclic amines) is 1. The predicted octanol–water partition coefficient (Wildman–Crippen LogP) is 1.68. The van der Waals surface area contributed by atoms with E-state index in [1.165, 1.54) is 0 Å². The summed E-state index contributed by atoms with van der Waals surface area (Å²) >= 11 is 0. The first-order valence-electron chi connectivity index (χ1n) is 8.04. The number of furan rings is 1. The summed E-state index contributed by atoms with van der Waals surface area (Å²) < 4.78 is 10.2. The summed E-state index contributed by atoms with van der Waals surface area (Å²) in [6.45, 7) is 4.60. The second-order valence-corrected chi connectivity index (χ2v) is 5.56. The number of ether oxygens (including phenoxy) is 1. The molecule has 1 N–H and O–H groups in total. The van der Waals surface area contributed by atoms with Gasteiger partial charge in [-0.3, -0.25) is 9.59 Å². The summed E-state index contributed by atoms with van der Waals surface area (Å²) in [6.07, 6.45) is 6.60. The number of carbonyl (C=O) groups is 2. The maximum absolute atomic E-state index is 12.1. The third kappa shape index (κ3) is 5.90. The van der Waals surface area contributed by atoms with E-state index in [9.17, 15) is 9.59 Å². The van der Waals surface area contributed by atoms with Gasteiger partial charge in [0, 0.05) is 32.3 Å². The predicted molar refractivity (Wildman–Crippen MR) is 86.5 cm³/mol. The van der Waals surface area contributed by atoms with Crippen LogP contribution in [0.5, 0.6) is 0 Å². The lowest BCUT2D eigenvalue weighted by Gasteiger charge is -2.31. The van der Waals surface area contributed by atoms with Crippen molar-refractivity contribution in [2.75, 3.05) is 32.8 Å². The molecule has 1 aliphatic heterocycles. The Balaban J connectivity index is 1.67. The lowest BCUT2D eigenvalue weighted by atomic mass is 9.96. The van der Waals surface area contributed by atoms with Gasteiger partial charge in [0.05, 0.1) is 6.26 Å². The molecule has 0 unspecified atom stereocenters. The van der Waals surface area contributed by atoms with Crippen LogP contribution < -0.4 is 5.32 Å². The van der Waals surface area contributed by atoms with Gasteiger partial charge in [0.15, 0.2) is 0 Å². The highest BCUT2D eigenvalue weighted by atomic mass is 16.5. The van der Waals surface area contributed by atoms with Crippen LogP contribution in [-0.4, -0.2) is 49.6 Å². The van der Waals surface area contributed by atoms with Crippen molar-refractivity contribution < 1.29 is 18.7 Å². The van der Waals surface area contributed by atoms with Crippen LogP contribution in [0.25, 0.3) is 6.08 Å². The molecule has 0 bridgehead atoms. The van der Waals surface area contributed by atoms with Crippen LogP contribution in [0.4, 0.5) is 0 Å². The molecular formula is C17H24N2O4. The highest BCUT2D eigenvalue weighted by molar-refractivity contribution is 5.91. The fourth-order valence-electron chi connectivity index (χ4n) is 2.51. The first-order valence-corrected chi connectivity index (χ1v) is 8.04. The lowest BCUT2D eigenvalue weighted by molar-refractivity contribution is -0.128. The van der Waals surface area contributed by atoms with Gasteiger partial charge in [-0.1, -0.05) is 0 Å². The molecule has 0 aliphatic carbocycles. The Morgan fingerprint density at radius 3 is 2.87 bits per heavy atom. The SMILES string of the molecule is CCOCC(=O)NCC1CCN(C(=O)/C=C/c2ccco2)CC1. The van der Waals surface area contributed by atoms with Gasteiger partial charge >= 0.3 is 0 Å².